The molecule has 0 aliphatic heterocycles. The minimum atomic E-state index is -0.786. The van der Waals surface area contributed by atoms with Crippen LogP contribution in [-0.4, -0.2) is 42.8 Å². The highest BCUT2D eigenvalue weighted by atomic mass is 16.5. The molecule has 7 nitrogen and oxygen atoms in total. The summed E-state index contributed by atoms with van der Waals surface area (Å²) < 4.78 is 5.47. The van der Waals surface area contributed by atoms with Crippen molar-refractivity contribution < 1.29 is 24.2 Å². The summed E-state index contributed by atoms with van der Waals surface area (Å²) in [6.07, 6.45) is 2.96. The Kier molecular flexibility index (Phi) is 7.27. The van der Waals surface area contributed by atoms with Crippen LogP contribution in [0.5, 0.6) is 0 Å². The zero-order valence-electron chi connectivity index (χ0n) is 18.6. The van der Waals surface area contributed by atoms with Gasteiger partial charge in [0.05, 0.1) is 5.92 Å². The molecule has 0 unspecified atom stereocenters. The van der Waals surface area contributed by atoms with Gasteiger partial charge in [-0.25, -0.2) is 4.79 Å². The molecule has 2 aliphatic carbocycles. The van der Waals surface area contributed by atoms with Gasteiger partial charge >= 0.3 is 12.1 Å². The van der Waals surface area contributed by atoms with E-state index in [0.717, 1.165) is 30.4 Å². The molecule has 1 fully saturated rings. The summed E-state index contributed by atoms with van der Waals surface area (Å²) in [6.45, 7) is 0.751. The number of carboxylic acids is 1. The Morgan fingerprint density at radius 2 is 1.55 bits per heavy atom. The second-order valence-corrected chi connectivity index (χ2v) is 8.80. The van der Waals surface area contributed by atoms with Crippen molar-refractivity contribution in [2.45, 2.75) is 38.0 Å². The average Bonchev–Trinajstić information content (AvgIpc) is 3.15. The molecule has 0 saturated heterocycles. The van der Waals surface area contributed by atoms with Crippen molar-refractivity contribution in [3.63, 3.8) is 0 Å². The molecule has 0 bridgehead atoms. The second-order valence-electron chi connectivity index (χ2n) is 8.80. The van der Waals surface area contributed by atoms with Crippen molar-refractivity contribution in [2.75, 3.05) is 19.7 Å². The highest BCUT2D eigenvalue weighted by Gasteiger charge is 2.31. The minimum absolute atomic E-state index is 0.0101. The lowest BCUT2D eigenvalue weighted by Crippen LogP contribution is -2.38. The van der Waals surface area contributed by atoms with E-state index in [4.69, 9.17) is 4.74 Å². The highest BCUT2D eigenvalue weighted by molar-refractivity contribution is 5.79. The Labute approximate surface area is 193 Å². The quantitative estimate of drug-likeness (QED) is 0.565. The molecule has 0 heterocycles. The minimum Gasteiger partial charge on any atom is -0.481 e. The van der Waals surface area contributed by atoms with Crippen molar-refractivity contribution in [3.05, 3.63) is 59.7 Å². The lowest BCUT2D eigenvalue weighted by atomic mass is 9.79. The number of carbonyl (C=O) groups excluding carboxylic acids is 2. The molecular weight excluding hydrogens is 420 g/mol. The summed E-state index contributed by atoms with van der Waals surface area (Å²) in [5.41, 5.74) is 4.63. The van der Waals surface area contributed by atoms with Gasteiger partial charge in [0.2, 0.25) is 5.91 Å². The molecule has 1 saturated carbocycles. The summed E-state index contributed by atoms with van der Waals surface area (Å²) in [4.78, 5) is 35.7. The first kappa shape index (κ1) is 22.8. The smallest absolute Gasteiger partial charge is 0.407 e. The highest BCUT2D eigenvalue weighted by Crippen LogP contribution is 2.44. The molecule has 2 aromatic carbocycles. The molecule has 0 radical (unpaired) electrons. The molecule has 7 heteroatoms. The fourth-order valence-corrected chi connectivity index (χ4v) is 5.04. The maximum absolute atomic E-state index is 12.2. The summed E-state index contributed by atoms with van der Waals surface area (Å²) in [6, 6.07) is 16.3. The van der Waals surface area contributed by atoms with Gasteiger partial charge in [-0.2, -0.15) is 0 Å². The molecule has 2 aromatic rings. The van der Waals surface area contributed by atoms with E-state index >= 15 is 0 Å². The number of carboxylic acid groups (broad SMARTS) is 1. The van der Waals surface area contributed by atoms with Gasteiger partial charge in [0.25, 0.3) is 0 Å². The second kappa shape index (κ2) is 10.5. The summed E-state index contributed by atoms with van der Waals surface area (Å²) in [5.74, 6) is -1.42. The SMILES string of the molecule is O=C(CCNC(=O)OCC1c2ccccc2-c2ccccc21)NC[C@H]1CCCC[C@H]1C(=O)O. The first-order valence-corrected chi connectivity index (χ1v) is 11.6. The van der Waals surface area contributed by atoms with Crippen molar-refractivity contribution in [2.24, 2.45) is 11.8 Å². The van der Waals surface area contributed by atoms with Crippen LogP contribution in [-0.2, 0) is 14.3 Å². The van der Waals surface area contributed by atoms with Gasteiger partial charge < -0.3 is 20.5 Å². The third kappa shape index (κ3) is 5.35. The molecule has 2 atom stereocenters. The van der Waals surface area contributed by atoms with Crippen LogP contribution in [0.1, 0.15) is 49.1 Å². The van der Waals surface area contributed by atoms with Gasteiger partial charge in [-0.15, -0.1) is 0 Å². The van der Waals surface area contributed by atoms with E-state index < -0.39 is 18.0 Å². The number of benzene rings is 2. The largest absolute Gasteiger partial charge is 0.481 e. The molecule has 0 aromatic heterocycles. The van der Waals surface area contributed by atoms with Gasteiger partial charge in [-0.3, -0.25) is 9.59 Å². The van der Waals surface area contributed by atoms with Gasteiger partial charge in [0.15, 0.2) is 0 Å². The summed E-state index contributed by atoms with van der Waals surface area (Å²) in [7, 11) is 0. The van der Waals surface area contributed by atoms with Gasteiger partial charge in [-0.1, -0.05) is 61.4 Å². The van der Waals surface area contributed by atoms with Gasteiger partial charge in [0, 0.05) is 25.4 Å². The predicted octanol–water partition coefficient (Wildman–Crippen LogP) is 3.92. The molecule has 0 spiro atoms. The Balaban J connectivity index is 1.20. The van der Waals surface area contributed by atoms with Crippen LogP contribution in [0.15, 0.2) is 48.5 Å². The molecule has 33 heavy (non-hydrogen) atoms. The van der Waals surface area contributed by atoms with Crippen LogP contribution in [0.25, 0.3) is 11.1 Å². The predicted molar refractivity (Wildman–Crippen MR) is 124 cm³/mol. The van der Waals surface area contributed by atoms with E-state index in [1.165, 1.54) is 11.1 Å². The Bertz CT molecular complexity index is 976. The van der Waals surface area contributed by atoms with Crippen molar-refractivity contribution in [1.82, 2.24) is 10.6 Å². The first-order valence-electron chi connectivity index (χ1n) is 11.6. The maximum Gasteiger partial charge on any atom is 0.407 e. The number of fused-ring (bicyclic) bond motifs is 3. The fraction of sp³-hybridized carbons (Fsp3) is 0.423. The van der Waals surface area contributed by atoms with Crippen molar-refractivity contribution in [1.29, 1.82) is 0 Å². The Morgan fingerprint density at radius 3 is 2.21 bits per heavy atom. The number of hydrogen-bond acceptors (Lipinski definition) is 4. The van der Waals surface area contributed by atoms with Crippen molar-refractivity contribution >= 4 is 18.0 Å². The number of ether oxygens (including phenoxy) is 1. The third-order valence-corrected chi connectivity index (χ3v) is 6.75. The van der Waals surface area contributed by atoms with Gasteiger partial charge in [0.1, 0.15) is 6.61 Å². The van der Waals surface area contributed by atoms with E-state index in [-0.39, 0.29) is 37.3 Å². The number of rotatable bonds is 8. The molecule has 174 valence electrons. The molecule has 4 rings (SSSR count). The van der Waals surface area contributed by atoms with Crippen LogP contribution in [0.3, 0.4) is 0 Å². The lowest BCUT2D eigenvalue weighted by molar-refractivity contribution is -0.145. The number of hydrogen-bond donors (Lipinski definition) is 3. The lowest BCUT2D eigenvalue weighted by Gasteiger charge is -2.28. The standard InChI is InChI=1S/C26H30N2O5/c29-24(28-15-17-7-1-2-8-18(17)25(30)31)13-14-27-26(32)33-16-23-21-11-5-3-9-19(21)20-10-4-6-12-22(20)23/h3-6,9-12,17-18,23H,1-2,7-8,13-16H2,(H,27,32)(H,28,29)(H,30,31)/t17-,18-/m1/s1. The zero-order chi connectivity index (χ0) is 23.2. The molecule has 2 aliphatic rings. The first-order chi connectivity index (χ1) is 16.0. The Morgan fingerprint density at radius 1 is 0.909 bits per heavy atom. The fourth-order valence-electron chi connectivity index (χ4n) is 5.04. The summed E-state index contributed by atoms with van der Waals surface area (Å²) >= 11 is 0. The number of carbonyl (C=O) groups is 3. The van der Waals surface area contributed by atoms with Gasteiger partial charge in [-0.05, 0) is 41.0 Å². The summed E-state index contributed by atoms with van der Waals surface area (Å²) in [5, 5.41) is 14.8. The molecular formula is C26H30N2O5. The van der Waals surface area contributed by atoms with E-state index in [1.54, 1.807) is 0 Å². The number of alkyl carbamates (subject to hydrolysis) is 1. The van der Waals surface area contributed by atoms with E-state index in [9.17, 15) is 19.5 Å². The number of amides is 2. The van der Waals surface area contributed by atoms with E-state index in [0.29, 0.717) is 13.0 Å². The van der Waals surface area contributed by atoms with Crippen molar-refractivity contribution in [3.8, 4) is 11.1 Å². The zero-order valence-corrected chi connectivity index (χ0v) is 18.6. The van der Waals surface area contributed by atoms with E-state index in [2.05, 4.69) is 34.9 Å². The number of nitrogens with one attached hydrogen (secondary N) is 2. The van der Waals surface area contributed by atoms with Crippen LogP contribution in [0.2, 0.25) is 0 Å². The van der Waals surface area contributed by atoms with Crippen LogP contribution in [0, 0.1) is 11.8 Å². The van der Waals surface area contributed by atoms with Crippen LogP contribution < -0.4 is 10.6 Å². The van der Waals surface area contributed by atoms with Crippen LogP contribution >= 0.6 is 0 Å². The molecule has 3 N–H and O–H groups in total. The normalized spacial score (nSPS) is 19.3. The maximum atomic E-state index is 12.2. The number of aliphatic carboxylic acids is 1. The van der Waals surface area contributed by atoms with Crippen LogP contribution in [0.4, 0.5) is 4.79 Å². The third-order valence-electron chi connectivity index (χ3n) is 6.75. The average molecular weight is 451 g/mol. The topological polar surface area (TPSA) is 105 Å². The monoisotopic (exact) mass is 450 g/mol. The molecule has 2 amide bonds. The Hall–Kier alpha value is -3.35. The van der Waals surface area contributed by atoms with E-state index in [1.807, 2.05) is 24.3 Å².